The van der Waals surface area contributed by atoms with E-state index in [2.05, 4.69) is 12.2 Å². The third kappa shape index (κ3) is 4.34. The van der Waals surface area contributed by atoms with Crippen molar-refractivity contribution in [1.29, 1.82) is 0 Å². The van der Waals surface area contributed by atoms with Crippen LogP contribution in [0.5, 0.6) is 0 Å². The fraction of sp³-hybridized carbons (Fsp3) is 0.833. The first-order valence-corrected chi connectivity index (χ1v) is 6.28. The fourth-order valence-corrected chi connectivity index (χ4v) is 1.92. The number of nitrogens with one attached hydrogen (secondary N) is 1. The molecule has 2 unspecified atom stereocenters. The van der Waals surface area contributed by atoms with Gasteiger partial charge in [0.15, 0.2) is 0 Å². The minimum atomic E-state index is -0.794. The molecule has 0 aromatic heterocycles. The molecule has 0 aromatic rings. The van der Waals surface area contributed by atoms with Crippen molar-refractivity contribution in [3.05, 3.63) is 0 Å². The highest BCUT2D eigenvalue weighted by Crippen LogP contribution is 2.16. The van der Waals surface area contributed by atoms with Crippen LogP contribution in [0, 0.1) is 5.92 Å². The molecule has 0 aromatic carbocycles. The molecule has 17 heavy (non-hydrogen) atoms. The number of hydrogen-bond acceptors (Lipinski definition) is 3. The number of likely N-dealkylation sites (tertiary alicyclic amines) is 1. The Morgan fingerprint density at radius 3 is 2.82 bits per heavy atom. The molecule has 1 fully saturated rings. The Hall–Kier alpha value is -1.10. The van der Waals surface area contributed by atoms with Crippen LogP contribution < -0.4 is 5.32 Å². The van der Waals surface area contributed by atoms with Crippen LogP contribution in [0.1, 0.15) is 33.1 Å². The maximum Gasteiger partial charge on any atom is 0.308 e. The highest BCUT2D eigenvalue weighted by Gasteiger charge is 2.27. The summed E-state index contributed by atoms with van der Waals surface area (Å²) in [6, 6.07) is 0.319. The molecule has 5 heteroatoms. The standard InChI is InChI=1S/C12H22N2O3/c1-3-9(2)13-7-11(15)14-6-4-5-10(8-14)12(16)17/h9-10,13H,3-8H2,1-2H3,(H,16,17). The van der Waals surface area contributed by atoms with Crippen molar-refractivity contribution in [3.8, 4) is 0 Å². The first-order chi connectivity index (χ1) is 8.04. The lowest BCUT2D eigenvalue weighted by atomic mass is 9.98. The van der Waals surface area contributed by atoms with Crippen molar-refractivity contribution in [1.82, 2.24) is 10.2 Å². The lowest BCUT2D eigenvalue weighted by Crippen LogP contribution is -2.46. The summed E-state index contributed by atoms with van der Waals surface area (Å²) in [5, 5.41) is 12.1. The molecule has 1 rings (SSSR count). The zero-order valence-corrected chi connectivity index (χ0v) is 10.6. The SMILES string of the molecule is CCC(C)NCC(=O)N1CCCC(C(=O)O)C1. The zero-order chi connectivity index (χ0) is 12.8. The molecular formula is C12H22N2O3. The van der Waals surface area contributed by atoms with Gasteiger partial charge in [0.1, 0.15) is 0 Å². The predicted molar refractivity (Wildman–Crippen MR) is 64.7 cm³/mol. The molecule has 98 valence electrons. The topological polar surface area (TPSA) is 69.6 Å². The van der Waals surface area contributed by atoms with Crippen LogP contribution in [0.25, 0.3) is 0 Å². The number of rotatable bonds is 5. The van der Waals surface area contributed by atoms with Crippen molar-refractivity contribution in [2.75, 3.05) is 19.6 Å². The summed E-state index contributed by atoms with van der Waals surface area (Å²) in [4.78, 5) is 24.4. The summed E-state index contributed by atoms with van der Waals surface area (Å²) < 4.78 is 0. The number of carboxylic acid groups (broad SMARTS) is 1. The van der Waals surface area contributed by atoms with Crippen LogP contribution in [0.2, 0.25) is 0 Å². The third-order valence-corrected chi connectivity index (χ3v) is 3.34. The normalized spacial score (nSPS) is 22.2. The van der Waals surface area contributed by atoms with E-state index in [-0.39, 0.29) is 5.91 Å². The Morgan fingerprint density at radius 2 is 2.24 bits per heavy atom. The second-order valence-electron chi connectivity index (χ2n) is 4.71. The van der Waals surface area contributed by atoms with Gasteiger partial charge >= 0.3 is 5.97 Å². The number of carboxylic acids is 1. The van der Waals surface area contributed by atoms with Crippen molar-refractivity contribution >= 4 is 11.9 Å². The van der Waals surface area contributed by atoms with Crippen molar-refractivity contribution in [2.45, 2.75) is 39.2 Å². The van der Waals surface area contributed by atoms with Crippen LogP contribution >= 0.6 is 0 Å². The summed E-state index contributed by atoms with van der Waals surface area (Å²) in [5.74, 6) is -1.18. The molecule has 2 N–H and O–H groups in total. The fourth-order valence-electron chi connectivity index (χ4n) is 1.92. The van der Waals surface area contributed by atoms with Gasteiger partial charge in [-0.2, -0.15) is 0 Å². The first-order valence-electron chi connectivity index (χ1n) is 6.28. The van der Waals surface area contributed by atoms with Gasteiger partial charge in [0.05, 0.1) is 12.5 Å². The lowest BCUT2D eigenvalue weighted by Gasteiger charge is -2.31. The molecule has 0 radical (unpaired) electrons. The van der Waals surface area contributed by atoms with Gasteiger partial charge in [0, 0.05) is 19.1 Å². The Bertz CT molecular complexity index is 281. The number of aliphatic carboxylic acids is 1. The van der Waals surface area contributed by atoms with Gasteiger partial charge in [0.25, 0.3) is 0 Å². The number of amides is 1. The van der Waals surface area contributed by atoms with E-state index in [9.17, 15) is 9.59 Å². The molecule has 1 aliphatic heterocycles. The average molecular weight is 242 g/mol. The second-order valence-corrected chi connectivity index (χ2v) is 4.71. The van der Waals surface area contributed by atoms with Crippen LogP contribution in [0.3, 0.4) is 0 Å². The molecular weight excluding hydrogens is 220 g/mol. The lowest BCUT2D eigenvalue weighted by molar-refractivity contribution is -0.145. The third-order valence-electron chi connectivity index (χ3n) is 3.34. The summed E-state index contributed by atoms with van der Waals surface area (Å²) in [6.07, 6.45) is 2.44. The van der Waals surface area contributed by atoms with E-state index >= 15 is 0 Å². The molecule has 1 aliphatic rings. The van der Waals surface area contributed by atoms with E-state index < -0.39 is 11.9 Å². The van der Waals surface area contributed by atoms with Crippen molar-refractivity contribution in [3.63, 3.8) is 0 Å². The maximum absolute atomic E-state index is 11.9. The molecule has 5 nitrogen and oxygen atoms in total. The molecule has 1 saturated heterocycles. The Morgan fingerprint density at radius 1 is 1.53 bits per heavy atom. The minimum Gasteiger partial charge on any atom is -0.481 e. The van der Waals surface area contributed by atoms with Gasteiger partial charge in [-0.3, -0.25) is 9.59 Å². The zero-order valence-electron chi connectivity index (χ0n) is 10.6. The molecule has 0 bridgehead atoms. The Labute approximate surface area is 102 Å². The molecule has 1 amide bonds. The number of piperidine rings is 1. The van der Waals surface area contributed by atoms with Crippen LogP contribution in [0.15, 0.2) is 0 Å². The summed E-state index contributed by atoms with van der Waals surface area (Å²) >= 11 is 0. The highest BCUT2D eigenvalue weighted by atomic mass is 16.4. The Kier molecular flexibility index (Phi) is 5.41. The Balaban J connectivity index is 2.38. The van der Waals surface area contributed by atoms with Gasteiger partial charge in [-0.05, 0) is 26.2 Å². The van der Waals surface area contributed by atoms with E-state index in [1.807, 2.05) is 6.92 Å². The van der Waals surface area contributed by atoms with E-state index in [0.29, 0.717) is 32.1 Å². The van der Waals surface area contributed by atoms with Gasteiger partial charge in [-0.15, -0.1) is 0 Å². The number of carbonyl (C=O) groups excluding carboxylic acids is 1. The summed E-state index contributed by atoms with van der Waals surface area (Å²) in [5.41, 5.74) is 0. The number of nitrogens with zero attached hydrogens (tertiary/aromatic N) is 1. The van der Waals surface area contributed by atoms with Crippen LogP contribution in [-0.2, 0) is 9.59 Å². The van der Waals surface area contributed by atoms with Gasteiger partial charge in [-0.25, -0.2) is 0 Å². The largest absolute Gasteiger partial charge is 0.481 e. The molecule has 2 atom stereocenters. The van der Waals surface area contributed by atoms with E-state index in [0.717, 1.165) is 12.8 Å². The quantitative estimate of drug-likeness (QED) is 0.744. The smallest absolute Gasteiger partial charge is 0.308 e. The summed E-state index contributed by atoms with van der Waals surface area (Å²) in [6.45, 7) is 5.44. The van der Waals surface area contributed by atoms with Gasteiger partial charge in [-0.1, -0.05) is 6.92 Å². The average Bonchev–Trinajstić information content (AvgIpc) is 2.35. The van der Waals surface area contributed by atoms with Crippen molar-refractivity contribution in [2.24, 2.45) is 5.92 Å². The predicted octanol–water partition coefficient (Wildman–Crippen LogP) is 0.698. The number of carbonyl (C=O) groups is 2. The van der Waals surface area contributed by atoms with E-state index in [1.165, 1.54) is 0 Å². The monoisotopic (exact) mass is 242 g/mol. The molecule has 0 aliphatic carbocycles. The van der Waals surface area contributed by atoms with E-state index in [1.54, 1.807) is 4.90 Å². The maximum atomic E-state index is 11.9. The van der Waals surface area contributed by atoms with Crippen LogP contribution in [0.4, 0.5) is 0 Å². The van der Waals surface area contributed by atoms with Crippen LogP contribution in [-0.4, -0.2) is 47.6 Å². The summed E-state index contributed by atoms with van der Waals surface area (Å²) in [7, 11) is 0. The van der Waals surface area contributed by atoms with E-state index in [4.69, 9.17) is 5.11 Å². The van der Waals surface area contributed by atoms with Gasteiger partial charge in [0.2, 0.25) is 5.91 Å². The molecule has 1 heterocycles. The molecule has 0 spiro atoms. The minimum absolute atomic E-state index is 0.0104. The highest BCUT2D eigenvalue weighted by molar-refractivity contribution is 5.79. The van der Waals surface area contributed by atoms with Crippen molar-refractivity contribution < 1.29 is 14.7 Å². The first kappa shape index (κ1) is 14.0. The second kappa shape index (κ2) is 6.59. The van der Waals surface area contributed by atoms with Gasteiger partial charge < -0.3 is 15.3 Å². The number of hydrogen-bond donors (Lipinski definition) is 2. The molecule has 0 saturated carbocycles.